The molecule has 4 heterocycles. The minimum absolute atomic E-state index is 0.0928. The fourth-order valence-corrected chi connectivity index (χ4v) is 4.21. The highest BCUT2D eigenvalue weighted by Gasteiger charge is 2.16. The summed E-state index contributed by atoms with van der Waals surface area (Å²) in [4.78, 5) is 24.0. The third-order valence-corrected chi connectivity index (χ3v) is 6.14. The molecule has 0 atom stereocenters. The number of likely N-dealkylation sites (tertiary alicyclic amines) is 1. The van der Waals surface area contributed by atoms with Crippen molar-refractivity contribution in [2.24, 2.45) is 12.8 Å². The van der Waals surface area contributed by atoms with Crippen molar-refractivity contribution in [3.8, 4) is 17.1 Å². The molecule has 0 radical (unpaired) electrons. The van der Waals surface area contributed by atoms with E-state index in [0.717, 1.165) is 54.9 Å². The molecular weight excluding hydrogens is 428 g/mol. The number of benzene rings is 1. The van der Waals surface area contributed by atoms with Gasteiger partial charge in [0.15, 0.2) is 5.82 Å². The Labute approximate surface area is 197 Å². The molecule has 9 heteroatoms. The van der Waals surface area contributed by atoms with E-state index in [-0.39, 0.29) is 5.43 Å². The average molecular weight is 457 g/mol. The number of hydrogen-bond acceptors (Lipinski definition) is 7. The molecule has 0 bridgehead atoms. The van der Waals surface area contributed by atoms with Crippen LogP contribution in [0.4, 0.5) is 0 Å². The molecule has 1 aliphatic rings. The molecule has 2 N–H and O–H groups in total. The summed E-state index contributed by atoms with van der Waals surface area (Å²) in [6, 6.07) is 9.81. The van der Waals surface area contributed by atoms with Crippen molar-refractivity contribution in [1.82, 2.24) is 34.4 Å². The van der Waals surface area contributed by atoms with Crippen LogP contribution >= 0.6 is 0 Å². The van der Waals surface area contributed by atoms with Crippen LogP contribution in [-0.2, 0) is 20.0 Å². The van der Waals surface area contributed by atoms with Gasteiger partial charge in [-0.2, -0.15) is 10.2 Å². The summed E-state index contributed by atoms with van der Waals surface area (Å²) in [7, 11) is 1.84. The Morgan fingerprint density at radius 1 is 1.06 bits per heavy atom. The Kier molecular flexibility index (Phi) is 6.29. The quantitative estimate of drug-likeness (QED) is 0.472. The molecule has 4 aromatic rings. The van der Waals surface area contributed by atoms with Gasteiger partial charge in [-0.15, -0.1) is 0 Å². The molecule has 174 valence electrons. The van der Waals surface area contributed by atoms with Crippen molar-refractivity contribution in [1.29, 1.82) is 0 Å². The van der Waals surface area contributed by atoms with Crippen LogP contribution in [0.15, 0.2) is 66.1 Å². The summed E-state index contributed by atoms with van der Waals surface area (Å²) < 4.78 is 3.37. The molecule has 0 saturated carbocycles. The third kappa shape index (κ3) is 5.11. The first-order valence-electron chi connectivity index (χ1n) is 11.5. The molecule has 1 saturated heterocycles. The first-order valence-corrected chi connectivity index (χ1v) is 11.5. The van der Waals surface area contributed by atoms with Crippen LogP contribution in [0.1, 0.15) is 29.7 Å². The first kappa shape index (κ1) is 22.1. The molecule has 5 rings (SSSR count). The molecule has 0 spiro atoms. The summed E-state index contributed by atoms with van der Waals surface area (Å²) in [6.07, 6.45) is 11.5. The van der Waals surface area contributed by atoms with Gasteiger partial charge in [0.25, 0.3) is 0 Å². The highest BCUT2D eigenvalue weighted by Crippen LogP contribution is 2.19. The second kappa shape index (κ2) is 9.66. The average Bonchev–Trinajstić information content (AvgIpc) is 3.29. The van der Waals surface area contributed by atoms with Crippen LogP contribution in [0, 0.1) is 0 Å². The predicted octanol–water partition coefficient (Wildman–Crippen LogP) is 1.94. The molecule has 1 fully saturated rings. The zero-order valence-electron chi connectivity index (χ0n) is 19.2. The number of nitrogens with two attached hydrogens (primary N) is 1. The molecular formula is C25H28N8O. The van der Waals surface area contributed by atoms with Crippen LogP contribution in [-0.4, -0.2) is 53.6 Å². The Morgan fingerprint density at radius 3 is 2.59 bits per heavy atom. The van der Waals surface area contributed by atoms with E-state index < -0.39 is 0 Å². The highest BCUT2D eigenvalue weighted by molar-refractivity contribution is 5.56. The standard InChI is InChI=1S/C25H28N8O/c1-31-17-22(15-29-31)33-10-7-24(34)23(30-33)12-18-3-2-4-20(11-18)25-27-13-19(14-28-25)16-32-8-5-21(26)6-9-32/h2-4,7,10-11,13-15,17,21H,5-6,8-9,12,16,26H2,1H3. The van der Waals surface area contributed by atoms with E-state index in [1.165, 1.54) is 6.07 Å². The predicted molar refractivity (Wildman–Crippen MR) is 129 cm³/mol. The van der Waals surface area contributed by atoms with Crippen LogP contribution in [0.2, 0.25) is 0 Å². The third-order valence-electron chi connectivity index (χ3n) is 6.14. The van der Waals surface area contributed by atoms with Gasteiger partial charge in [-0.25, -0.2) is 14.6 Å². The van der Waals surface area contributed by atoms with Crippen molar-refractivity contribution in [2.75, 3.05) is 13.1 Å². The van der Waals surface area contributed by atoms with E-state index in [9.17, 15) is 4.79 Å². The van der Waals surface area contributed by atoms with E-state index >= 15 is 0 Å². The van der Waals surface area contributed by atoms with Crippen molar-refractivity contribution in [2.45, 2.75) is 31.8 Å². The number of piperidine rings is 1. The van der Waals surface area contributed by atoms with Gasteiger partial charge in [-0.05, 0) is 37.6 Å². The van der Waals surface area contributed by atoms with Crippen LogP contribution in [0.25, 0.3) is 17.1 Å². The molecule has 34 heavy (non-hydrogen) atoms. The van der Waals surface area contributed by atoms with Gasteiger partial charge in [0, 0.05) is 61.8 Å². The van der Waals surface area contributed by atoms with E-state index in [1.54, 1.807) is 21.8 Å². The Balaban J connectivity index is 1.31. The summed E-state index contributed by atoms with van der Waals surface area (Å²) >= 11 is 0. The van der Waals surface area contributed by atoms with Gasteiger partial charge < -0.3 is 5.73 Å². The van der Waals surface area contributed by atoms with Crippen molar-refractivity contribution >= 4 is 0 Å². The van der Waals surface area contributed by atoms with Crippen LogP contribution < -0.4 is 11.2 Å². The fourth-order valence-electron chi connectivity index (χ4n) is 4.21. The summed E-state index contributed by atoms with van der Waals surface area (Å²) in [5.74, 6) is 0.667. The van der Waals surface area contributed by atoms with E-state index in [1.807, 2.05) is 49.9 Å². The van der Waals surface area contributed by atoms with Gasteiger partial charge in [-0.1, -0.05) is 18.2 Å². The van der Waals surface area contributed by atoms with Gasteiger partial charge in [0.2, 0.25) is 5.43 Å². The molecule has 0 amide bonds. The number of nitrogens with zero attached hydrogens (tertiary/aromatic N) is 7. The van der Waals surface area contributed by atoms with Gasteiger partial charge in [-0.3, -0.25) is 14.4 Å². The molecule has 3 aromatic heterocycles. The Morgan fingerprint density at radius 2 is 1.85 bits per heavy atom. The molecule has 0 unspecified atom stereocenters. The maximum absolute atomic E-state index is 12.5. The highest BCUT2D eigenvalue weighted by atomic mass is 16.1. The van der Waals surface area contributed by atoms with Crippen LogP contribution in [0.5, 0.6) is 0 Å². The largest absolute Gasteiger partial charge is 0.328 e. The lowest BCUT2D eigenvalue weighted by molar-refractivity contribution is 0.205. The minimum atomic E-state index is -0.0928. The SMILES string of the molecule is Cn1cc(-n2ccc(=O)c(Cc3cccc(-c4ncc(CN5CCC(N)CC5)cn4)c3)n2)cn1. The topological polar surface area (TPSA) is 108 Å². The fraction of sp³-hybridized carbons (Fsp3) is 0.320. The Bertz CT molecular complexity index is 1320. The van der Waals surface area contributed by atoms with Gasteiger partial charge in [0.1, 0.15) is 11.4 Å². The smallest absolute Gasteiger partial charge is 0.203 e. The van der Waals surface area contributed by atoms with Gasteiger partial charge >= 0.3 is 0 Å². The lowest BCUT2D eigenvalue weighted by Crippen LogP contribution is -2.39. The zero-order valence-corrected chi connectivity index (χ0v) is 19.2. The summed E-state index contributed by atoms with van der Waals surface area (Å²) in [5.41, 5.74) is 10.2. The van der Waals surface area contributed by atoms with E-state index in [2.05, 4.69) is 25.1 Å². The maximum atomic E-state index is 12.5. The lowest BCUT2D eigenvalue weighted by Gasteiger charge is -2.29. The molecule has 1 aliphatic heterocycles. The normalized spacial score (nSPS) is 15.0. The molecule has 9 nitrogen and oxygen atoms in total. The van der Waals surface area contributed by atoms with Crippen LogP contribution in [0.3, 0.4) is 0 Å². The second-order valence-electron chi connectivity index (χ2n) is 8.85. The van der Waals surface area contributed by atoms with Crippen molar-refractivity contribution in [3.63, 3.8) is 0 Å². The van der Waals surface area contributed by atoms with Gasteiger partial charge in [0.05, 0.1) is 12.4 Å². The maximum Gasteiger partial charge on any atom is 0.203 e. The van der Waals surface area contributed by atoms with E-state index in [4.69, 9.17) is 5.73 Å². The van der Waals surface area contributed by atoms with Crippen molar-refractivity contribution < 1.29 is 0 Å². The minimum Gasteiger partial charge on any atom is -0.328 e. The molecule has 1 aromatic carbocycles. The number of aryl methyl sites for hydroxylation is 1. The van der Waals surface area contributed by atoms with Crippen molar-refractivity contribution in [3.05, 3.63) is 88.4 Å². The first-order chi connectivity index (χ1) is 16.5. The summed E-state index contributed by atoms with van der Waals surface area (Å²) in [6.45, 7) is 2.87. The Hall–Kier alpha value is -3.69. The summed E-state index contributed by atoms with van der Waals surface area (Å²) in [5, 5.41) is 8.70. The second-order valence-corrected chi connectivity index (χ2v) is 8.85. The number of rotatable bonds is 6. The number of hydrogen-bond donors (Lipinski definition) is 1. The monoisotopic (exact) mass is 456 g/mol. The zero-order chi connectivity index (χ0) is 23.5. The molecule has 0 aliphatic carbocycles. The van der Waals surface area contributed by atoms with E-state index in [0.29, 0.717) is 24.0 Å². The number of aromatic nitrogens is 6. The lowest BCUT2D eigenvalue weighted by atomic mass is 10.1.